The molecular weight excluding hydrogens is 254 g/mol. The van der Waals surface area contributed by atoms with Gasteiger partial charge in [-0.25, -0.2) is 4.98 Å². The molecule has 0 bridgehead atoms. The van der Waals surface area contributed by atoms with Crippen molar-refractivity contribution in [3.05, 3.63) is 47.0 Å². The van der Waals surface area contributed by atoms with E-state index in [9.17, 15) is 0 Å². The molecule has 3 nitrogen and oxygen atoms in total. The molecule has 0 fully saturated rings. The van der Waals surface area contributed by atoms with Crippen molar-refractivity contribution in [3.63, 3.8) is 0 Å². The first kappa shape index (κ1) is 10.4. The van der Waals surface area contributed by atoms with Crippen molar-refractivity contribution >= 4 is 15.9 Å². The number of nitrogens with two attached hydrogens (primary N) is 1. The fourth-order valence-electron chi connectivity index (χ4n) is 1.52. The predicted octanol–water partition coefficient (Wildman–Crippen LogP) is 2.14. The van der Waals surface area contributed by atoms with Gasteiger partial charge in [0, 0.05) is 22.8 Å². The summed E-state index contributed by atoms with van der Waals surface area (Å²) in [4.78, 5) is 4.14. The van der Waals surface area contributed by atoms with E-state index in [4.69, 9.17) is 5.73 Å². The predicted molar refractivity (Wildman–Crippen MR) is 64.0 cm³/mol. The molecule has 0 amide bonds. The number of hydrogen-bond acceptors (Lipinski definition) is 2. The van der Waals surface area contributed by atoms with Crippen molar-refractivity contribution in [2.75, 3.05) is 6.54 Å². The minimum absolute atomic E-state index is 0.635. The van der Waals surface area contributed by atoms with Gasteiger partial charge in [-0.1, -0.05) is 12.1 Å². The van der Waals surface area contributed by atoms with Crippen molar-refractivity contribution < 1.29 is 0 Å². The molecule has 15 heavy (non-hydrogen) atoms. The molecule has 1 heterocycles. The van der Waals surface area contributed by atoms with Crippen LogP contribution in [0.3, 0.4) is 0 Å². The molecule has 0 aliphatic heterocycles. The number of benzene rings is 1. The Morgan fingerprint density at radius 1 is 1.33 bits per heavy atom. The topological polar surface area (TPSA) is 43.8 Å². The third-order valence-corrected chi connectivity index (χ3v) is 2.90. The number of para-hydroxylation sites is 1. The summed E-state index contributed by atoms with van der Waals surface area (Å²) in [6, 6.07) is 8.06. The number of hydrogen-bond donors (Lipinski definition) is 1. The molecule has 2 aromatic rings. The molecular formula is C11H12BrN3. The average Bonchev–Trinajstić information content (AvgIpc) is 2.67. The van der Waals surface area contributed by atoms with Gasteiger partial charge < -0.3 is 10.3 Å². The zero-order chi connectivity index (χ0) is 10.7. The van der Waals surface area contributed by atoms with Crippen LogP contribution in [-0.4, -0.2) is 16.1 Å². The number of aromatic nitrogens is 2. The van der Waals surface area contributed by atoms with Gasteiger partial charge in [0.05, 0.1) is 12.0 Å². The van der Waals surface area contributed by atoms with Crippen molar-refractivity contribution in [3.8, 4) is 5.69 Å². The summed E-state index contributed by atoms with van der Waals surface area (Å²) in [7, 11) is 0. The summed E-state index contributed by atoms with van der Waals surface area (Å²) in [5.74, 6) is 0. The van der Waals surface area contributed by atoms with Crippen molar-refractivity contribution in [2.24, 2.45) is 5.73 Å². The van der Waals surface area contributed by atoms with Crippen LogP contribution in [0.15, 0.2) is 41.3 Å². The molecule has 78 valence electrons. The van der Waals surface area contributed by atoms with Gasteiger partial charge in [-0.2, -0.15) is 0 Å². The van der Waals surface area contributed by atoms with E-state index >= 15 is 0 Å². The van der Waals surface area contributed by atoms with Crippen LogP contribution in [0.4, 0.5) is 0 Å². The number of rotatable bonds is 3. The molecule has 1 aromatic heterocycles. The van der Waals surface area contributed by atoms with Crippen LogP contribution in [0.2, 0.25) is 0 Å². The Balaban J connectivity index is 2.45. The summed E-state index contributed by atoms with van der Waals surface area (Å²) < 4.78 is 3.11. The highest BCUT2D eigenvalue weighted by atomic mass is 79.9. The van der Waals surface area contributed by atoms with E-state index in [1.165, 1.54) is 0 Å². The van der Waals surface area contributed by atoms with E-state index < -0.39 is 0 Å². The second kappa shape index (κ2) is 4.59. The average molecular weight is 266 g/mol. The molecule has 0 spiro atoms. The van der Waals surface area contributed by atoms with E-state index in [0.717, 1.165) is 22.3 Å². The largest absolute Gasteiger partial charge is 0.330 e. The Kier molecular flexibility index (Phi) is 3.18. The Morgan fingerprint density at radius 2 is 2.13 bits per heavy atom. The highest BCUT2D eigenvalue weighted by molar-refractivity contribution is 9.10. The van der Waals surface area contributed by atoms with E-state index in [-0.39, 0.29) is 0 Å². The Labute approximate surface area is 97.1 Å². The molecule has 0 saturated carbocycles. The van der Waals surface area contributed by atoms with Crippen LogP contribution in [0.5, 0.6) is 0 Å². The van der Waals surface area contributed by atoms with Crippen LogP contribution in [-0.2, 0) is 6.42 Å². The molecule has 2 N–H and O–H groups in total. The smallest absolute Gasteiger partial charge is 0.0994 e. The number of nitrogens with zero attached hydrogens (tertiary/aromatic N) is 2. The molecule has 0 atom stereocenters. The SMILES string of the molecule is NCCc1cncn1-c1ccccc1Br. The second-order valence-electron chi connectivity index (χ2n) is 3.25. The fourth-order valence-corrected chi connectivity index (χ4v) is 2.00. The van der Waals surface area contributed by atoms with Crippen LogP contribution in [0, 0.1) is 0 Å². The van der Waals surface area contributed by atoms with Crippen LogP contribution >= 0.6 is 15.9 Å². The van der Waals surface area contributed by atoms with Gasteiger partial charge in [0.15, 0.2) is 0 Å². The molecule has 0 saturated heterocycles. The Morgan fingerprint density at radius 3 is 2.87 bits per heavy atom. The summed E-state index contributed by atoms with van der Waals surface area (Å²) in [5, 5.41) is 0. The maximum absolute atomic E-state index is 5.55. The van der Waals surface area contributed by atoms with Gasteiger partial charge in [0.2, 0.25) is 0 Å². The van der Waals surface area contributed by atoms with Gasteiger partial charge in [0.1, 0.15) is 0 Å². The second-order valence-corrected chi connectivity index (χ2v) is 4.10. The van der Waals surface area contributed by atoms with Gasteiger partial charge >= 0.3 is 0 Å². The molecule has 2 rings (SSSR count). The lowest BCUT2D eigenvalue weighted by Crippen LogP contribution is -2.07. The van der Waals surface area contributed by atoms with Crippen LogP contribution < -0.4 is 5.73 Å². The molecule has 0 unspecified atom stereocenters. The lowest BCUT2D eigenvalue weighted by Gasteiger charge is -2.08. The molecule has 0 aliphatic rings. The highest BCUT2D eigenvalue weighted by Crippen LogP contribution is 2.21. The quantitative estimate of drug-likeness (QED) is 0.924. The van der Waals surface area contributed by atoms with Gasteiger partial charge in [-0.3, -0.25) is 0 Å². The van der Waals surface area contributed by atoms with Gasteiger partial charge in [-0.15, -0.1) is 0 Å². The summed E-state index contributed by atoms with van der Waals surface area (Å²) in [6.45, 7) is 0.635. The van der Waals surface area contributed by atoms with Gasteiger partial charge in [0.25, 0.3) is 0 Å². The van der Waals surface area contributed by atoms with Crippen LogP contribution in [0.25, 0.3) is 5.69 Å². The van der Waals surface area contributed by atoms with Crippen molar-refractivity contribution in [2.45, 2.75) is 6.42 Å². The minimum Gasteiger partial charge on any atom is -0.330 e. The fraction of sp³-hybridized carbons (Fsp3) is 0.182. The Bertz CT molecular complexity index is 451. The summed E-state index contributed by atoms with van der Waals surface area (Å²) >= 11 is 3.52. The highest BCUT2D eigenvalue weighted by Gasteiger charge is 2.05. The first-order chi connectivity index (χ1) is 7.33. The van der Waals surface area contributed by atoms with Gasteiger partial charge in [-0.05, 0) is 34.6 Å². The first-order valence-corrected chi connectivity index (χ1v) is 5.58. The zero-order valence-corrected chi connectivity index (χ0v) is 9.81. The molecule has 1 aromatic carbocycles. The number of imidazole rings is 1. The van der Waals surface area contributed by atoms with E-state index in [1.54, 1.807) is 0 Å². The first-order valence-electron chi connectivity index (χ1n) is 4.79. The monoisotopic (exact) mass is 265 g/mol. The van der Waals surface area contributed by atoms with Crippen molar-refractivity contribution in [1.29, 1.82) is 0 Å². The molecule has 0 aliphatic carbocycles. The van der Waals surface area contributed by atoms with Crippen molar-refractivity contribution in [1.82, 2.24) is 9.55 Å². The third kappa shape index (κ3) is 2.11. The van der Waals surface area contributed by atoms with E-state index in [2.05, 4.69) is 25.5 Å². The lowest BCUT2D eigenvalue weighted by molar-refractivity contribution is 0.871. The number of halogens is 1. The normalized spacial score (nSPS) is 10.5. The summed E-state index contributed by atoms with van der Waals surface area (Å²) in [5.41, 5.74) is 7.78. The standard InChI is InChI=1S/C11H12BrN3/c12-10-3-1-2-4-11(10)15-8-14-7-9(15)5-6-13/h1-4,7-8H,5-6,13H2. The van der Waals surface area contributed by atoms with E-state index in [0.29, 0.717) is 6.54 Å². The molecule has 0 radical (unpaired) electrons. The maximum atomic E-state index is 5.55. The van der Waals surface area contributed by atoms with Crippen LogP contribution in [0.1, 0.15) is 5.69 Å². The third-order valence-electron chi connectivity index (χ3n) is 2.23. The Hall–Kier alpha value is -1.13. The minimum atomic E-state index is 0.635. The summed E-state index contributed by atoms with van der Waals surface area (Å²) in [6.07, 6.45) is 4.50. The molecule has 4 heteroatoms. The lowest BCUT2D eigenvalue weighted by atomic mass is 10.3. The zero-order valence-electron chi connectivity index (χ0n) is 8.23. The maximum Gasteiger partial charge on any atom is 0.0994 e. The van der Waals surface area contributed by atoms with E-state index in [1.807, 2.05) is 36.8 Å².